The van der Waals surface area contributed by atoms with Gasteiger partial charge in [0.15, 0.2) is 0 Å². The van der Waals surface area contributed by atoms with Crippen molar-refractivity contribution in [3.05, 3.63) is 0 Å². The lowest BCUT2D eigenvalue weighted by atomic mass is 10.7. The van der Waals surface area contributed by atoms with Crippen molar-refractivity contribution in [3.8, 4) is 0 Å². The Bertz CT molecular complexity index is 177. The van der Waals surface area contributed by atoms with Gasteiger partial charge in [-0.25, -0.2) is 0 Å². The van der Waals surface area contributed by atoms with E-state index in [-0.39, 0.29) is 0 Å². The molecular weight excluding hydrogens is 261 g/mol. The van der Waals surface area contributed by atoms with E-state index in [4.69, 9.17) is 33.2 Å². The number of hydrogen-bond acceptors (Lipinski definition) is 7. The molecule has 0 aromatic heterocycles. The van der Waals surface area contributed by atoms with Crippen molar-refractivity contribution in [3.63, 3.8) is 0 Å². The summed E-state index contributed by atoms with van der Waals surface area (Å²) in [5.41, 5.74) is 0. The second-order valence-corrected chi connectivity index (χ2v) is 4.16. The van der Waals surface area contributed by atoms with Gasteiger partial charge in [-0.15, -0.1) is 9.05 Å². The topological polar surface area (TPSA) is 79.2 Å². The summed E-state index contributed by atoms with van der Waals surface area (Å²) in [7, 11) is 1.63. The van der Waals surface area contributed by atoms with E-state index in [0.29, 0.717) is 52.9 Å². The molecule has 0 heterocycles. The molecule has 0 aliphatic carbocycles. The Balaban J connectivity index is 3.12. The maximum atomic E-state index is 7.46. The molecule has 108 valence electrons. The molecule has 7 nitrogen and oxygen atoms in total. The van der Waals surface area contributed by atoms with Crippen molar-refractivity contribution < 1.29 is 28.0 Å². The van der Waals surface area contributed by atoms with Crippen molar-refractivity contribution in [1.82, 2.24) is 0 Å². The third kappa shape index (κ3) is 13.9. The summed E-state index contributed by atoms with van der Waals surface area (Å²) >= 11 is 0. The molecule has 0 aliphatic heterocycles. The highest BCUT2D eigenvalue weighted by atomic mass is 31.1. The van der Waals surface area contributed by atoms with Crippen LogP contribution in [0.5, 0.6) is 0 Å². The van der Waals surface area contributed by atoms with E-state index in [9.17, 15) is 0 Å². The predicted molar refractivity (Wildman–Crippen MR) is 66.9 cm³/mol. The minimum absolute atomic E-state index is 0.351. The normalized spacial score (nSPS) is 10.8. The van der Waals surface area contributed by atoms with E-state index in [2.05, 4.69) is 0 Å². The number of methoxy groups -OCH3 is 2. The minimum Gasteiger partial charge on any atom is -0.382 e. The summed E-state index contributed by atoms with van der Waals surface area (Å²) < 4.78 is 30.2. The van der Waals surface area contributed by atoms with Gasteiger partial charge in [-0.05, 0) is 0 Å². The summed E-state index contributed by atoms with van der Waals surface area (Å²) in [6, 6.07) is 0. The van der Waals surface area contributed by atoms with Crippen molar-refractivity contribution in [2.45, 2.75) is 0 Å². The van der Waals surface area contributed by atoms with Crippen LogP contribution >= 0.6 is 8.17 Å². The molecule has 0 unspecified atom stereocenters. The Kier molecular flexibility index (Phi) is 14.8. The first-order valence-corrected chi connectivity index (χ1v) is 6.89. The maximum Gasteiger partial charge on any atom is 0.556 e. The van der Waals surface area contributed by atoms with Gasteiger partial charge in [-0.3, -0.25) is 0 Å². The number of nitrogens with one attached hydrogen (secondary N) is 1. The van der Waals surface area contributed by atoms with Crippen LogP contribution in [0.3, 0.4) is 0 Å². The lowest BCUT2D eigenvalue weighted by molar-refractivity contribution is 0.0462. The first kappa shape index (κ1) is 17.9. The van der Waals surface area contributed by atoms with Crippen LogP contribution in [-0.2, 0) is 28.0 Å². The van der Waals surface area contributed by atoms with E-state index in [1.165, 1.54) is 0 Å². The fraction of sp³-hybridized carbons (Fsp3) is 1.00. The van der Waals surface area contributed by atoms with E-state index in [1.54, 1.807) is 14.2 Å². The molecule has 0 radical (unpaired) electrons. The Morgan fingerprint density at radius 1 is 0.667 bits per heavy atom. The van der Waals surface area contributed by atoms with Crippen LogP contribution in [-0.4, -0.2) is 67.1 Å². The van der Waals surface area contributed by atoms with Crippen molar-refractivity contribution >= 4 is 8.17 Å². The van der Waals surface area contributed by atoms with E-state index in [1.807, 2.05) is 0 Å². The minimum atomic E-state index is -1.60. The van der Waals surface area contributed by atoms with Crippen LogP contribution in [0.25, 0.3) is 0 Å². The highest BCUT2D eigenvalue weighted by molar-refractivity contribution is 7.34. The molecule has 0 fully saturated rings. The molecule has 0 rings (SSSR count). The van der Waals surface area contributed by atoms with Crippen LogP contribution in [0, 0.1) is 5.16 Å². The fourth-order valence-corrected chi connectivity index (χ4v) is 1.44. The first-order valence-electron chi connectivity index (χ1n) is 5.71. The van der Waals surface area contributed by atoms with Crippen LogP contribution in [0.2, 0.25) is 0 Å². The van der Waals surface area contributed by atoms with Crippen molar-refractivity contribution in [2.24, 2.45) is 0 Å². The van der Waals surface area contributed by atoms with Gasteiger partial charge in [-0.1, -0.05) is 5.16 Å². The molecule has 0 aromatic carbocycles. The monoisotopic (exact) mass is 284 g/mol. The maximum absolute atomic E-state index is 7.46. The molecule has 1 N–H and O–H groups in total. The molecule has 0 spiro atoms. The molecule has 18 heavy (non-hydrogen) atoms. The van der Waals surface area contributed by atoms with Gasteiger partial charge in [0.25, 0.3) is 0 Å². The van der Waals surface area contributed by atoms with E-state index >= 15 is 0 Å². The highest BCUT2D eigenvalue weighted by Crippen LogP contribution is 2.23. The predicted octanol–water partition coefficient (Wildman–Crippen LogP) is 1.42. The van der Waals surface area contributed by atoms with Crippen LogP contribution < -0.4 is 0 Å². The molecule has 0 saturated carbocycles. The SMILES string of the molecule is COCCOCCO[P+](=N)OCCOCCOC. The Labute approximate surface area is 109 Å². The smallest absolute Gasteiger partial charge is 0.382 e. The lowest BCUT2D eigenvalue weighted by Gasteiger charge is -2.01. The molecule has 0 aromatic rings. The highest BCUT2D eigenvalue weighted by Gasteiger charge is 2.13. The van der Waals surface area contributed by atoms with Gasteiger partial charge < -0.3 is 18.9 Å². The average molecular weight is 284 g/mol. The zero-order valence-corrected chi connectivity index (χ0v) is 11.9. The van der Waals surface area contributed by atoms with Gasteiger partial charge in [0.1, 0.15) is 13.2 Å². The van der Waals surface area contributed by atoms with Crippen LogP contribution in [0.15, 0.2) is 0 Å². The first-order chi connectivity index (χ1) is 8.81. The van der Waals surface area contributed by atoms with Gasteiger partial charge in [0, 0.05) is 14.2 Å². The third-order valence-corrected chi connectivity index (χ3v) is 2.57. The van der Waals surface area contributed by atoms with Crippen LogP contribution in [0.4, 0.5) is 0 Å². The molecule has 0 amide bonds. The lowest BCUT2D eigenvalue weighted by Crippen LogP contribution is -2.08. The number of ether oxygens (including phenoxy) is 4. The Hall–Kier alpha value is -0.140. The standard InChI is InChI=1S/C10H23NO6P/c1-12-3-5-14-7-9-16-18(11)17-10-8-15-6-4-13-2/h11H,3-10H2,1-2H3/q+1. The number of rotatable bonds is 14. The van der Waals surface area contributed by atoms with Crippen molar-refractivity contribution in [1.29, 1.82) is 5.16 Å². The Morgan fingerprint density at radius 2 is 1.06 bits per heavy atom. The molecule has 0 saturated heterocycles. The quantitative estimate of drug-likeness (QED) is 0.384. The second-order valence-electron chi connectivity index (χ2n) is 3.13. The van der Waals surface area contributed by atoms with E-state index < -0.39 is 8.17 Å². The summed E-state index contributed by atoms with van der Waals surface area (Å²) in [5, 5.41) is 7.46. The van der Waals surface area contributed by atoms with Crippen LogP contribution in [0.1, 0.15) is 0 Å². The van der Waals surface area contributed by atoms with E-state index in [0.717, 1.165) is 0 Å². The summed E-state index contributed by atoms with van der Waals surface area (Å²) in [4.78, 5) is 0. The third-order valence-electron chi connectivity index (χ3n) is 1.74. The summed E-state index contributed by atoms with van der Waals surface area (Å²) in [6.07, 6.45) is 0. The largest absolute Gasteiger partial charge is 0.556 e. The molecule has 0 atom stereocenters. The molecular formula is C10H23NO6P+. The Morgan fingerprint density at radius 3 is 1.44 bits per heavy atom. The fourth-order valence-electron chi connectivity index (χ4n) is 0.884. The zero-order valence-electron chi connectivity index (χ0n) is 11.1. The van der Waals surface area contributed by atoms with Gasteiger partial charge in [-0.2, -0.15) is 0 Å². The molecule has 8 heteroatoms. The second kappa shape index (κ2) is 14.9. The van der Waals surface area contributed by atoms with Gasteiger partial charge >= 0.3 is 8.17 Å². The van der Waals surface area contributed by atoms with Gasteiger partial charge in [0.2, 0.25) is 0 Å². The van der Waals surface area contributed by atoms with Crippen molar-refractivity contribution in [2.75, 3.05) is 67.1 Å². The van der Waals surface area contributed by atoms with Gasteiger partial charge in [0.05, 0.1) is 39.6 Å². The summed E-state index contributed by atoms with van der Waals surface area (Å²) in [5.74, 6) is 0. The summed E-state index contributed by atoms with van der Waals surface area (Å²) in [6.45, 7) is 3.76. The average Bonchev–Trinajstić information content (AvgIpc) is 2.38. The molecule has 0 bridgehead atoms. The molecule has 0 aliphatic rings. The number of hydrogen-bond donors (Lipinski definition) is 1. The zero-order chi connectivity index (χ0) is 13.5.